The predicted molar refractivity (Wildman–Crippen MR) is 81.0 cm³/mol. The summed E-state index contributed by atoms with van der Waals surface area (Å²) in [5.41, 5.74) is -0.140. The monoisotopic (exact) mass is 265 g/mol. The van der Waals surface area contributed by atoms with Gasteiger partial charge in [0.25, 0.3) is 0 Å². The highest BCUT2D eigenvalue weighted by Crippen LogP contribution is 2.22. The summed E-state index contributed by atoms with van der Waals surface area (Å²) in [7, 11) is 4.34. The first kappa shape index (κ1) is 16.5. The van der Waals surface area contributed by atoms with Crippen molar-refractivity contribution in [3.63, 3.8) is 0 Å². The van der Waals surface area contributed by atoms with Crippen LogP contribution in [0.4, 0.5) is 0 Å². The van der Waals surface area contributed by atoms with Crippen molar-refractivity contribution in [2.24, 2.45) is 11.3 Å². The van der Waals surface area contributed by atoms with Crippen LogP contribution in [-0.2, 0) is 0 Å². The number of hydrogen-bond acceptors (Lipinski definition) is 3. The summed E-state index contributed by atoms with van der Waals surface area (Å²) in [6, 6.07) is 2.39. The van der Waals surface area contributed by atoms with Crippen molar-refractivity contribution in [3.05, 3.63) is 0 Å². The van der Waals surface area contributed by atoms with Gasteiger partial charge in [0.2, 0.25) is 0 Å². The Morgan fingerprint density at radius 3 is 2.37 bits per heavy atom. The third kappa shape index (κ3) is 6.94. The maximum atomic E-state index is 8.98. The minimum absolute atomic E-state index is 0.140. The van der Waals surface area contributed by atoms with Crippen LogP contribution in [-0.4, -0.2) is 50.1 Å². The lowest BCUT2D eigenvalue weighted by Crippen LogP contribution is -2.37. The number of unbranched alkanes of at least 4 members (excludes halogenated alkanes) is 1. The lowest BCUT2D eigenvalue weighted by Gasteiger charge is -2.33. The fourth-order valence-corrected chi connectivity index (χ4v) is 2.87. The molecule has 110 valence electrons. The molecule has 1 heterocycles. The van der Waals surface area contributed by atoms with Crippen LogP contribution in [0.1, 0.15) is 46.0 Å². The zero-order chi connectivity index (χ0) is 14.3. The maximum absolute atomic E-state index is 8.98. The molecule has 0 aromatic carbocycles. The average molecular weight is 265 g/mol. The van der Waals surface area contributed by atoms with Gasteiger partial charge in [-0.15, -0.1) is 0 Å². The average Bonchev–Trinajstić information content (AvgIpc) is 2.36. The molecular formula is C16H31N3. The van der Waals surface area contributed by atoms with Crippen molar-refractivity contribution in [2.45, 2.75) is 46.0 Å². The molecule has 3 heteroatoms. The van der Waals surface area contributed by atoms with Crippen LogP contribution < -0.4 is 0 Å². The summed E-state index contributed by atoms with van der Waals surface area (Å²) in [6.07, 6.45) is 6.14. The first-order valence-corrected chi connectivity index (χ1v) is 7.71. The maximum Gasteiger partial charge on any atom is 0.0683 e. The molecule has 19 heavy (non-hydrogen) atoms. The van der Waals surface area contributed by atoms with Gasteiger partial charge in [0.15, 0.2) is 0 Å². The molecule has 1 aliphatic heterocycles. The van der Waals surface area contributed by atoms with Gasteiger partial charge in [-0.2, -0.15) is 5.26 Å². The summed E-state index contributed by atoms with van der Waals surface area (Å²) >= 11 is 0. The van der Waals surface area contributed by atoms with Gasteiger partial charge in [-0.25, -0.2) is 0 Å². The van der Waals surface area contributed by atoms with Crippen molar-refractivity contribution in [1.82, 2.24) is 9.80 Å². The zero-order valence-corrected chi connectivity index (χ0v) is 13.3. The highest BCUT2D eigenvalue weighted by molar-refractivity contribution is 4.91. The van der Waals surface area contributed by atoms with E-state index in [1.54, 1.807) is 0 Å². The van der Waals surface area contributed by atoms with E-state index in [0.717, 1.165) is 12.3 Å². The summed E-state index contributed by atoms with van der Waals surface area (Å²) in [5.74, 6) is 0.892. The Kier molecular flexibility index (Phi) is 6.82. The first-order valence-electron chi connectivity index (χ1n) is 7.71. The summed E-state index contributed by atoms with van der Waals surface area (Å²) in [6.45, 7) is 9.07. The highest BCUT2D eigenvalue weighted by Gasteiger charge is 2.20. The van der Waals surface area contributed by atoms with Gasteiger partial charge in [0.05, 0.1) is 11.5 Å². The first-order chi connectivity index (χ1) is 8.93. The Labute approximate surface area is 119 Å². The van der Waals surface area contributed by atoms with Crippen molar-refractivity contribution in [1.29, 1.82) is 5.26 Å². The Hall–Kier alpha value is -0.590. The van der Waals surface area contributed by atoms with Crippen LogP contribution in [0.3, 0.4) is 0 Å². The van der Waals surface area contributed by atoms with Crippen LogP contribution in [0, 0.1) is 22.7 Å². The van der Waals surface area contributed by atoms with E-state index in [2.05, 4.69) is 30.0 Å². The highest BCUT2D eigenvalue weighted by atomic mass is 15.1. The molecule has 0 spiro atoms. The molecule has 0 N–H and O–H groups in total. The molecule has 0 aromatic rings. The van der Waals surface area contributed by atoms with Crippen LogP contribution >= 0.6 is 0 Å². The molecule has 0 radical (unpaired) electrons. The summed E-state index contributed by atoms with van der Waals surface area (Å²) in [5, 5.41) is 8.98. The van der Waals surface area contributed by atoms with Gasteiger partial charge in [-0.05, 0) is 79.2 Å². The number of nitriles is 1. The fourth-order valence-electron chi connectivity index (χ4n) is 2.87. The molecule has 0 atom stereocenters. The minimum Gasteiger partial charge on any atom is -0.309 e. The van der Waals surface area contributed by atoms with E-state index in [-0.39, 0.29) is 5.41 Å². The number of hydrogen-bond donors (Lipinski definition) is 0. The fraction of sp³-hybridized carbons (Fsp3) is 0.938. The lowest BCUT2D eigenvalue weighted by atomic mass is 9.89. The molecule has 1 rings (SSSR count). The SMILES string of the molecule is CN(C)CC1CCN(CCCCC(C)(C)C#N)CC1. The van der Waals surface area contributed by atoms with E-state index in [4.69, 9.17) is 5.26 Å². The van der Waals surface area contributed by atoms with Gasteiger partial charge < -0.3 is 9.80 Å². The smallest absolute Gasteiger partial charge is 0.0683 e. The topological polar surface area (TPSA) is 30.3 Å². The zero-order valence-electron chi connectivity index (χ0n) is 13.3. The quantitative estimate of drug-likeness (QED) is 0.663. The van der Waals surface area contributed by atoms with Crippen molar-refractivity contribution >= 4 is 0 Å². The molecule has 1 aliphatic rings. The van der Waals surface area contributed by atoms with E-state index in [1.807, 2.05) is 13.8 Å². The summed E-state index contributed by atoms with van der Waals surface area (Å²) < 4.78 is 0. The number of rotatable bonds is 7. The van der Waals surface area contributed by atoms with Crippen molar-refractivity contribution in [2.75, 3.05) is 40.3 Å². The van der Waals surface area contributed by atoms with Crippen LogP contribution in [0.15, 0.2) is 0 Å². The standard InChI is InChI=1S/C16H31N3/c1-16(2,14-17)9-5-6-10-19-11-7-15(8-12-19)13-18(3)4/h15H,5-13H2,1-4H3. The Bertz CT molecular complexity index is 283. The molecule has 0 amide bonds. The second kappa shape index (κ2) is 7.87. The van der Waals surface area contributed by atoms with Crippen molar-refractivity contribution in [3.8, 4) is 6.07 Å². The third-order valence-electron chi connectivity index (χ3n) is 4.16. The Morgan fingerprint density at radius 1 is 1.21 bits per heavy atom. The van der Waals surface area contributed by atoms with Crippen LogP contribution in [0.25, 0.3) is 0 Å². The number of likely N-dealkylation sites (tertiary alicyclic amines) is 1. The predicted octanol–water partition coefficient (Wildman–Crippen LogP) is 2.98. The molecule has 0 aromatic heterocycles. The molecular weight excluding hydrogens is 234 g/mol. The van der Waals surface area contributed by atoms with Gasteiger partial charge in [0, 0.05) is 6.54 Å². The number of nitrogens with zero attached hydrogens (tertiary/aromatic N) is 3. The second-order valence-electron chi connectivity index (χ2n) is 7.00. The third-order valence-corrected chi connectivity index (χ3v) is 4.16. The van der Waals surface area contributed by atoms with E-state index < -0.39 is 0 Å². The van der Waals surface area contributed by atoms with Crippen LogP contribution in [0.5, 0.6) is 0 Å². The lowest BCUT2D eigenvalue weighted by molar-refractivity contribution is 0.159. The van der Waals surface area contributed by atoms with Gasteiger partial charge >= 0.3 is 0 Å². The Balaban J connectivity index is 2.09. The normalized spacial score (nSPS) is 18.7. The van der Waals surface area contributed by atoms with Crippen molar-refractivity contribution < 1.29 is 0 Å². The van der Waals surface area contributed by atoms with E-state index in [0.29, 0.717) is 0 Å². The van der Waals surface area contributed by atoms with Gasteiger partial charge in [-0.3, -0.25) is 0 Å². The largest absolute Gasteiger partial charge is 0.309 e. The molecule has 3 nitrogen and oxygen atoms in total. The number of piperidine rings is 1. The van der Waals surface area contributed by atoms with E-state index in [1.165, 1.54) is 51.9 Å². The minimum atomic E-state index is -0.140. The Morgan fingerprint density at radius 2 is 1.84 bits per heavy atom. The molecule has 1 saturated heterocycles. The molecule has 0 unspecified atom stereocenters. The molecule has 0 aliphatic carbocycles. The van der Waals surface area contributed by atoms with E-state index in [9.17, 15) is 0 Å². The molecule has 1 fully saturated rings. The van der Waals surface area contributed by atoms with Gasteiger partial charge in [-0.1, -0.05) is 6.42 Å². The second-order valence-corrected chi connectivity index (χ2v) is 7.00. The van der Waals surface area contributed by atoms with Gasteiger partial charge in [0.1, 0.15) is 0 Å². The molecule has 0 bridgehead atoms. The molecule has 0 saturated carbocycles. The van der Waals surface area contributed by atoms with Crippen LogP contribution in [0.2, 0.25) is 0 Å². The van der Waals surface area contributed by atoms with E-state index >= 15 is 0 Å². The summed E-state index contributed by atoms with van der Waals surface area (Å²) in [4.78, 5) is 4.91.